The van der Waals surface area contributed by atoms with Crippen LogP contribution in [0.15, 0.2) is 60.7 Å². The summed E-state index contributed by atoms with van der Waals surface area (Å²) in [5.41, 5.74) is 1.26. The van der Waals surface area contributed by atoms with E-state index in [1.54, 1.807) is 24.3 Å². The van der Waals surface area contributed by atoms with E-state index in [2.05, 4.69) is 5.32 Å². The standard InChI is InChI=1S/C27H22Cl3N3O4/c28-18-8-3-1-6-15(18)14-37-24-19(29)12-16(13-20(24)30)23-22-10-5-11-32(22)27(25(23)33(35)36)17-7-2-4-9-21(17)31-26(27)34/h1-4,6-9,12-13,22-23,25H,5,10-11,14H2,(H,31,34)/t22-,23-,25-,27+/m1/s1. The maximum atomic E-state index is 13.6. The number of hydrogen-bond donors (Lipinski definition) is 1. The Morgan fingerprint density at radius 3 is 2.49 bits per heavy atom. The third kappa shape index (κ3) is 3.63. The van der Waals surface area contributed by atoms with Gasteiger partial charge in [0.1, 0.15) is 6.61 Å². The monoisotopic (exact) mass is 557 g/mol. The summed E-state index contributed by atoms with van der Waals surface area (Å²) in [6.45, 7) is 0.754. The lowest BCUT2D eigenvalue weighted by Crippen LogP contribution is -2.55. The Hall–Kier alpha value is -2.84. The first-order valence-electron chi connectivity index (χ1n) is 12.0. The summed E-state index contributed by atoms with van der Waals surface area (Å²) in [5.74, 6) is -0.673. The van der Waals surface area contributed by atoms with Crippen LogP contribution in [0.1, 0.15) is 35.4 Å². The Balaban J connectivity index is 1.42. The Morgan fingerprint density at radius 2 is 1.76 bits per heavy atom. The normalized spacial score (nSPS) is 26.2. The molecule has 37 heavy (non-hydrogen) atoms. The number of anilines is 1. The summed E-state index contributed by atoms with van der Waals surface area (Å²) < 4.78 is 5.91. The molecule has 2 saturated heterocycles. The highest BCUT2D eigenvalue weighted by Gasteiger charge is 2.73. The number of amides is 1. The summed E-state index contributed by atoms with van der Waals surface area (Å²) in [4.78, 5) is 28.1. The number of nitrogens with one attached hydrogen (secondary N) is 1. The molecule has 0 bridgehead atoms. The second-order valence-corrected chi connectivity index (χ2v) is 10.8. The number of rotatable bonds is 5. The van der Waals surface area contributed by atoms with Crippen LogP contribution in [0.25, 0.3) is 0 Å². The van der Waals surface area contributed by atoms with Gasteiger partial charge in [0.25, 0.3) is 11.9 Å². The van der Waals surface area contributed by atoms with Gasteiger partial charge in [-0.3, -0.25) is 19.8 Å². The van der Waals surface area contributed by atoms with Crippen molar-refractivity contribution >= 4 is 46.4 Å². The number of ether oxygens (including phenoxy) is 1. The molecular formula is C27H22Cl3N3O4. The molecule has 0 aromatic heterocycles. The van der Waals surface area contributed by atoms with Crippen molar-refractivity contribution in [2.75, 3.05) is 11.9 Å². The highest BCUT2D eigenvalue weighted by Crippen LogP contribution is 2.58. The van der Waals surface area contributed by atoms with Gasteiger partial charge in [0.05, 0.1) is 16.0 Å². The predicted molar refractivity (Wildman–Crippen MR) is 142 cm³/mol. The average Bonchev–Trinajstić information content (AvgIpc) is 3.52. The lowest BCUT2D eigenvalue weighted by Gasteiger charge is -2.32. The van der Waals surface area contributed by atoms with Crippen LogP contribution in [0.2, 0.25) is 15.1 Å². The van der Waals surface area contributed by atoms with E-state index in [0.29, 0.717) is 28.4 Å². The average molecular weight is 559 g/mol. The second-order valence-electron chi connectivity index (χ2n) is 9.62. The lowest BCUT2D eigenvalue weighted by molar-refractivity contribution is -0.534. The van der Waals surface area contributed by atoms with Crippen LogP contribution in [-0.2, 0) is 16.9 Å². The number of nitro groups is 1. The number of hydrogen-bond acceptors (Lipinski definition) is 5. The van der Waals surface area contributed by atoms with E-state index in [9.17, 15) is 14.9 Å². The van der Waals surface area contributed by atoms with Crippen molar-refractivity contribution < 1.29 is 14.5 Å². The van der Waals surface area contributed by atoms with Gasteiger partial charge in [0.15, 0.2) is 11.3 Å². The summed E-state index contributed by atoms with van der Waals surface area (Å²) in [6.07, 6.45) is 1.56. The molecule has 3 aliphatic rings. The summed E-state index contributed by atoms with van der Waals surface area (Å²) in [5, 5.41) is 16.7. The predicted octanol–water partition coefficient (Wildman–Crippen LogP) is 6.28. The van der Waals surface area contributed by atoms with Crippen LogP contribution >= 0.6 is 34.8 Å². The highest BCUT2D eigenvalue weighted by molar-refractivity contribution is 6.37. The zero-order chi connectivity index (χ0) is 25.9. The Kier molecular flexibility index (Phi) is 6.07. The molecule has 6 rings (SSSR count). The molecule has 0 unspecified atom stereocenters. The van der Waals surface area contributed by atoms with Gasteiger partial charge in [-0.1, -0.05) is 71.2 Å². The van der Waals surface area contributed by atoms with Crippen LogP contribution in [-0.4, -0.2) is 34.4 Å². The molecule has 3 aromatic rings. The first-order chi connectivity index (χ1) is 17.8. The zero-order valence-electron chi connectivity index (χ0n) is 19.5. The first kappa shape index (κ1) is 24.5. The largest absolute Gasteiger partial charge is 0.486 e. The molecule has 3 aromatic carbocycles. The summed E-state index contributed by atoms with van der Waals surface area (Å²) in [6, 6.07) is 16.5. The van der Waals surface area contributed by atoms with Crippen molar-refractivity contribution in [2.45, 2.75) is 43.0 Å². The van der Waals surface area contributed by atoms with E-state index >= 15 is 0 Å². The van der Waals surface area contributed by atoms with E-state index in [0.717, 1.165) is 18.4 Å². The molecule has 1 N–H and O–H groups in total. The van der Waals surface area contributed by atoms with Crippen molar-refractivity contribution in [1.29, 1.82) is 0 Å². The van der Waals surface area contributed by atoms with Gasteiger partial charge < -0.3 is 10.1 Å². The quantitative estimate of drug-likeness (QED) is 0.294. The van der Waals surface area contributed by atoms with Crippen molar-refractivity contribution in [3.05, 3.63) is 103 Å². The molecule has 3 aliphatic heterocycles. The van der Waals surface area contributed by atoms with E-state index in [4.69, 9.17) is 39.5 Å². The maximum Gasteiger partial charge on any atom is 0.256 e. The number of para-hydroxylation sites is 1. The number of fused-ring (bicyclic) bond motifs is 4. The third-order valence-corrected chi connectivity index (χ3v) is 8.76. The van der Waals surface area contributed by atoms with Crippen LogP contribution in [0.5, 0.6) is 5.75 Å². The third-order valence-electron chi connectivity index (χ3n) is 7.83. The molecule has 190 valence electrons. The molecule has 7 nitrogen and oxygen atoms in total. The highest BCUT2D eigenvalue weighted by atomic mass is 35.5. The summed E-state index contributed by atoms with van der Waals surface area (Å²) >= 11 is 19.5. The fourth-order valence-corrected chi connectivity index (χ4v) is 7.25. The lowest BCUT2D eigenvalue weighted by atomic mass is 9.77. The van der Waals surface area contributed by atoms with Crippen molar-refractivity contribution in [3.8, 4) is 5.75 Å². The molecule has 4 atom stereocenters. The number of carbonyl (C=O) groups excluding carboxylic acids is 1. The van der Waals surface area contributed by atoms with Gasteiger partial charge in [-0.15, -0.1) is 0 Å². The molecule has 0 aliphatic carbocycles. The minimum atomic E-state index is -1.40. The van der Waals surface area contributed by atoms with Gasteiger partial charge >= 0.3 is 0 Å². The van der Waals surface area contributed by atoms with Gasteiger partial charge in [-0.05, 0) is 42.7 Å². The van der Waals surface area contributed by atoms with Gasteiger partial charge in [-0.25, -0.2) is 0 Å². The second kappa shape index (κ2) is 9.17. The minimum Gasteiger partial charge on any atom is -0.486 e. The van der Waals surface area contributed by atoms with Crippen molar-refractivity contribution in [1.82, 2.24) is 4.90 Å². The van der Waals surface area contributed by atoms with Crippen LogP contribution in [0.3, 0.4) is 0 Å². The first-order valence-corrected chi connectivity index (χ1v) is 13.1. The molecular weight excluding hydrogens is 537 g/mol. The molecule has 1 spiro atoms. The van der Waals surface area contributed by atoms with E-state index in [1.165, 1.54) is 0 Å². The molecule has 1 amide bonds. The Bertz CT molecular complexity index is 1410. The number of nitrogens with zero attached hydrogens (tertiary/aromatic N) is 2. The van der Waals surface area contributed by atoms with Crippen LogP contribution in [0.4, 0.5) is 5.69 Å². The van der Waals surface area contributed by atoms with Crippen molar-refractivity contribution in [3.63, 3.8) is 0 Å². The fraction of sp³-hybridized carbons (Fsp3) is 0.296. The molecule has 3 heterocycles. The Labute approximate surface area is 228 Å². The SMILES string of the molecule is O=C1Nc2ccccc2[C@]12[C@H]([N+](=O)[O-])[C@H](c1cc(Cl)c(OCc3ccccc3Cl)c(Cl)c1)[C@H]1CCCN12. The topological polar surface area (TPSA) is 84.7 Å². The van der Waals surface area contributed by atoms with E-state index < -0.39 is 17.5 Å². The maximum absolute atomic E-state index is 13.6. The van der Waals surface area contributed by atoms with Crippen molar-refractivity contribution in [2.24, 2.45) is 0 Å². The molecule has 10 heteroatoms. The Morgan fingerprint density at radius 1 is 1.05 bits per heavy atom. The molecule has 2 fully saturated rings. The van der Waals surface area contributed by atoms with E-state index in [1.807, 2.05) is 41.3 Å². The van der Waals surface area contributed by atoms with Gasteiger partial charge in [0, 0.05) is 39.3 Å². The number of carbonyl (C=O) groups is 1. The zero-order valence-corrected chi connectivity index (χ0v) is 21.8. The summed E-state index contributed by atoms with van der Waals surface area (Å²) in [7, 11) is 0. The number of benzene rings is 3. The molecule has 0 radical (unpaired) electrons. The van der Waals surface area contributed by atoms with Crippen LogP contribution < -0.4 is 10.1 Å². The van der Waals surface area contributed by atoms with Gasteiger partial charge in [0.2, 0.25) is 0 Å². The van der Waals surface area contributed by atoms with E-state index in [-0.39, 0.29) is 39.3 Å². The minimum absolute atomic E-state index is 0.163. The van der Waals surface area contributed by atoms with Gasteiger partial charge in [-0.2, -0.15) is 0 Å². The smallest absolute Gasteiger partial charge is 0.256 e. The molecule has 0 saturated carbocycles. The number of halogens is 3. The van der Waals surface area contributed by atoms with Crippen LogP contribution in [0, 0.1) is 10.1 Å². The fourth-order valence-electron chi connectivity index (χ4n) is 6.45.